The molecule has 0 aliphatic heterocycles. The Balaban J connectivity index is 2.79. The second-order valence-electron chi connectivity index (χ2n) is 2.02. The first-order chi connectivity index (χ1) is 5.42. The Morgan fingerprint density at radius 2 is 2.36 bits per heavy atom. The molecule has 11 heavy (non-hydrogen) atoms. The van der Waals surface area contributed by atoms with E-state index >= 15 is 0 Å². The molecule has 0 spiro atoms. The van der Waals surface area contributed by atoms with Gasteiger partial charge in [-0.3, -0.25) is 0 Å². The zero-order valence-corrected chi connectivity index (χ0v) is 5.94. The van der Waals surface area contributed by atoms with Crippen LogP contribution in [0.2, 0.25) is 0 Å². The molecule has 0 atom stereocenters. The fourth-order valence-corrected chi connectivity index (χ4v) is 0.912. The molecular formula is C7H6N2O2. The second kappa shape index (κ2) is 2.23. The lowest BCUT2D eigenvalue weighted by molar-refractivity contribution is 0.393. The Morgan fingerprint density at radius 3 is 3.18 bits per heavy atom. The zero-order valence-electron chi connectivity index (χ0n) is 5.94. The molecule has 56 valence electrons. The van der Waals surface area contributed by atoms with E-state index in [0.29, 0.717) is 11.5 Å². The molecule has 0 aliphatic rings. The molecule has 2 rings (SSSR count). The number of hydrogen-bond donors (Lipinski definition) is 0. The third-order valence-electron chi connectivity index (χ3n) is 1.40. The van der Waals surface area contributed by atoms with E-state index in [1.54, 1.807) is 19.4 Å². The van der Waals surface area contributed by atoms with Crippen molar-refractivity contribution in [3.05, 3.63) is 18.7 Å². The van der Waals surface area contributed by atoms with Crippen molar-refractivity contribution in [1.82, 2.24) is 9.97 Å². The van der Waals surface area contributed by atoms with Crippen LogP contribution in [0.25, 0.3) is 11.1 Å². The van der Waals surface area contributed by atoms with Crippen LogP contribution in [0.3, 0.4) is 0 Å². The van der Waals surface area contributed by atoms with E-state index in [4.69, 9.17) is 9.15 Å². The van der Waals surface area contributed by atoms with Gasteiger partial charge in [0.15, 0.2) is 0 Å². The molecule has 2 aromatic heterocycles. The summed E-state index contributed by atoms with van der Waals surface area (Å²) in [5, 5.41) is 0. The highest BCUT2D eigenvalue weighted by Gasteiger charge is 2.04. The van der Waals surface area contributed by atoms with Gasteiger partial charge in [-0.2, -0.15) is 4.98 Å². The lowest BCUT2D eigenvalue weighted by atomic mass is 10.5. The molecule has 0 saturated heterocycles. The van der Waals surface area contributed by atoms with Gasteiger partial charge in [0.05, 0.1) is 13.4 Å². The summed E-state index contributed by atoms with van der Waals surface area (Å²) in [6.45, 7) is 0. The summed E-state index contributed by atoms with van der Waals surface area (Å²) in [6, 6.07) is 1.76. The molecular weight excluding hydrogens is 144 g/mol. The van der Waals surface area contributed by atoms with Crippen LogP contribution >= 0.6 is 0 Å². The largest absolute Gasteiger partial charge is 0.478 e. The van der Waals surface area contributed by atoms with Crippen LogP contribution in [0, 0.1) is 0 Å². The summed E-state index contributed by atoms with van der Waals surface area (Å²) in [4.78, 5) is 7.84. The highest BCUT2D eigenvalue weighted by Crippen LogP contribution is 2.20. The van der Waals surface area contributed by atoms with E-state index in [2.05, 4.69) is 9.97 Å². The Morgan fingerprint density at radius 1 is 1.45 bits per heavy atom. The molecule has 0 fully saturated rings. The number of nitrogens with zero attached hydrogens (tertiary/aromatic N) is 2. The predicted octanol–water partition coefficient (Wildman–Crippen LogP) is 1.23. The molecule has 0 bridgehead atoms. The Labute approximate surface area is 62.8 Å². The van der Waals surface area contributed by atoms with Crippen molar-refractivity contribution < 1.29 is 9.15 Å². The smallest absolute Gasteiger partial charge is 0.261 e. The van der Waals surface area contributed by atoms with E-state index in [1.807, 2.05) is 0 Å². The molecule has 4 heteroatoms. The monoisotopic (exact) mass is 150 g/mol. The summed E-state index contributed by atoms with van der Waals surface area (Å²) < 4.78 is 10.0. The molecule has 0 amide bonds. The van der Waals surface area contributed by atoms with Crippen molar-refractivity contribution in [3.63, 3.8) is 0 Å². The van der Waals surface area contributed by atoms with E-state index < -0.39 is 0 Å². The van der Waals surface area contributed by atoms with Gasteiger partial charge in [0.2, 0.25) is 5.58 Å². The molecule has 0 aliphatic carbocycles. The van der Waals surface area contributed by atoms with Gasteiger partial charge >= 0.3 is 0 Å². The number of rotatable bonds is 1. The van der Waals surface area contributed by atoms with Crippen molar-refractivity contribution in [2.75, 3.05) is 7.11 Å². The number of fused-ring (bicyclic) bond motifs is 1. The summed E-state index contributed by atoms with van der Waals surface area (Å²) in [7, 11) is 1.55. The van der Waals surface area contributed by atoms with Gasteiger partial charge in [0.1, 0.15) is 11.8 Å². The van der Waals surface area contributed by atoms with E-state index in [-0.39, 0.29) is 0 Å². The third kappa shape index (κ3) is 0.832. The quantitative estimate of drug-likeness (QED) is 0.613. The summed E-state index contributed by atoms with van der Waals surface area (Å²) in [5.74, 6) is 0.472. The average molecular weight is 150 g/mol. The van der Waals surface area contributed by atoms with Crippen molar-refractivity contribution >= 4 is 11.1 Å². The molecule has 0 unspecified atom stereocenters. The Bertz CT molecular complexity index is 369. The van der Waals surface area contributed by atoms with Crippen LogP contribution in [0.15, 0.2) is 23.1 Å². The minimum atomic E-state index is 0.472. The maximum Gasteiger partial charge on any atom is 0.261 e. The number of aromatic nitrogens is 2. The number of ether oxygens (including phenoxy) is 1. The predicted molar refractivity (Wildman–Crippen MR) is 38.4 cm³/mol. The number of furan rings is 1. The molecule has 0 radical (unpaired) electrons. The van der Waals surface area contributed by atoms with E-state index in [9.17, 15) is 0 Å². The van der Waals surface area contributed by atoms with Crippen LogP contribution < -0.4 is 4.74 Å². The van der Waals surface area contributed by atoms with Gasteiger partial charge in [-0.25, -0.2) is 4.98 Å². The molecule has 2 aromatic rings. The summed E-state index contributed by atoms with van der Waals surface area (Å²) in [5.41, 5.74) is 1.35. The highest BCUT2D eigenvalue weighted by molar-refractivity contribution is 5.76. The number of hydrogen-bond acceptors (Lipinski definition) is 4. The van der Waals surface area contributed by atoms with Gasteiger partial charge in [0.25, 0.3) is 5.88 Å². The van der Waals surface area contributed by atoms with E-state index in [0.717, 1.165) is 5.52 Å². The van der Waals surface area contributed by atoms with Crippen LogP contribution in [0.5, 0.6) is 5.88 Å². The van der Waals surface area contributed by atoms with Crippen LogP contribution in [0.1, 0.15) is 0 Å². The maximum atomic E-state index is 5.09. The van der Waals surface area contributed by atoms with Crippen molar-refractivity contribution in [3.8, 4) is 5.88 Å². The normalized spacial score (nSPS) is 10.3. The lowest BCUT2D eigenvalue weighted by Gasteiger charge is -1.95. The minimum absolute atomic E-state index is 0.472. The Kier molecular flexibility index (Phi) is 1.25. The maximum absolute atomic E-state index is 5.09. The van der Waals surface area contributed by atoms with Crippen molar-refractivity contribution in [2.24, 2.45) is 0 Å². The van der Waals surface area contributed by atoms with Crippen molar-refractivity contribution in [2.45, 2.75) is 0 Å². The first-order valence-electron chi connectivity index (χ1n) is 3.14. The first-order valence-corrected chi connectivity index (χ1v) is 3.14. The van der Waals surface area contributed by atoms with Crippen LogP contribution in [-0.2, 0) is 0 Å². The standard InChI is InChI=1S/C7H6N2O2/c1-10-7-6-5(2-3-11-6)8-4-9-7/h2-4H,1H3. The van der Waals surface area contributed by atoms with Gasteiger partial charge in [0, 0.05) is 6.07 Å². The Hall–Kier alpha value is -1.58. The highest BCUT2D eigenvalue weighted by atomic mass is 16.5. The number of methoxy groups -OCH3 is 1. The average Bonchev–Trinajstić information content (AvgIpc) is 2.50. The van der Waals surface area contributed by atoms with Gasteiger partial charge in [-0.1, -0.05) is 0 Å². The zero-order chi connectivity index (χ0) is 7.68. The molecule has 0 aromatic carbocycles. The van der Waals surface area contributed by atoms with Crippen molar-refractivity contribution in [1.29, 1.82) is 0 Å². The second-order valence-corrected chi connectivity index (χ2v) is 2.02. The van der Waals surface area contributed by atoms with E-state index in [1.165, 1.54) is 6.33 Å². The summed E-state index contributed by atoms with van der Waals surface area (Å²) in [6.07, 6.45) is 3.00. The van der Waals surface area contributed by atoms with Crippen LogP contribution in [0.4, 0.5) is 0 Å². The molecule has 0 N–H and O–H groups in total. The molecule has 2 heterocycles. The third-order valence-corrected chi connectivity index (χ3v) is 1.40. The topological polar surface area (TPSA) is 48.2 Å². The van der Waals surface area contributed by atoms with Gasteiger partial charge in [-0.15, -0.1) is 0 Å². The van der Waals surface area contributed by atoms with Gasteiger partial charge < -0.3 is 9.15 Å². The fraction of sp³-hybridized carbons (Fsp3) is 0.143. The molecule has 0 saturated carbocycles. The summed E-state index contributed by atoms with van der Waals surface area (Å²) >= 11 is 0. The fourth-order valence-electron chi connectivity index (χ4n) is 0.912. The molecule has 4 nitrogen and oxygen atoms in total. The lowest BCUT2D eigenvalue weighted by Crippen LogP contribution is -1.87. The van der Waals surface area contributed by atoms with Crippen LogP contribution in [-0.4, -0.2) is 17.1 Å². The first kappa shape index (κ1) is 6.15. The SMILES string of the molecule is COc1ncnc2ccoc12. The minimum Gasteiger partial charge on any atom is -0.478 e. The van der Waals surface area contributed by atoms with Gasteiger partial charge in [-0.05, 0) is 0 Å².